The second-order valence-corrected chi connectivity index (χ2v) is 5.43. The van der Waals surface area contributed by atoms with Crippen molar-refractivity contribution in [1.29, 1.82) is 0 Å². The fourth-order valence-corrected chi connectivity index (χ4v) is 2.57. The summed E-state index contributed by atoms with van der Waals surface area (Å²) in [6.45, 7) is 6.72. The quantitative estimate of drug-likeness (QED) is 0.745. The van der Waals surface area contributed by atoms with E-state index in [0.717, 1.165) is 32.6 Å². The number of carbonyl (C=O) groups is 1. The predicted molar refractivity (Wildman–Crippen MR) is 75.7 cm³/mol. The van der Waals surface area contributed by atoms with Crippen molar-refractivity contribution in [3.8, 4) is 0 Å². The lowest BCUT2D eigenvalue weighted by atomic mass is 10.0. The van der Waals surface area contributed by atoms with Crippen molar-refractivity contribution in [2.45, 2.75) is 45.1 Å². The molecule has 1 aliphatic rings. The summed E-state index contributed by atoms with van der Waals surface area (Å²) < 4.78 is 0. The molecule has 0 aliphatic carbocycles. The Balaban J connectivity index is 2.30. The first kappa shape index (κ1) is 15.4. The summed E-state index contributed by atoms with van der Waals surface area (Å²) >= 11 is 0. The molecule has 4 heteroatoms. The molecule has 1 amide bonds. The fraction of sp³-hybridized carbons (Fsp3) is 0.929. The Morgan fingerprint density at radius 3 is 2.67 bits per heavy atom. The maximum absolute atomic E-state index is 11.6. The molecule has 1 rings (SSSR count). The molecule has 1 saturated heterocycles. The zero-order valence-corrected chi connectivity index (χ0v) is 12.2. The van der Waals surface area contributed by atoms with Crippen LogP contribution >= 0.6 is 0 Å². The van der Waals surface area contributed by atoms with Crippen molar-refractivity contribution in [3.63, 3.8) is 0 Å². The number of carbonyl (C=O) groups excluding carboxylic acids is 1. The van der Waals surface area contributed by atoms with Crippen molar-refractivity contribution in [2.24, 2.45) is 0 Å². The molecule has 0 aromatic carbocycles. The maximum atomic E-state index is 11.6. The van der Waals surface area contributed by atoms with Gasteiger partial charge in [-0.15, -0.1) is 0 Å². The fourth-order valence-electron chi connectivity index (χ4n) is 2.57. The molecule has 1 atom stereocenters. The number of piperidine rings is 1. The van der Waals surface area contributed by atoms with Crippen molar-refractivity contribution in [1.82, 2.24) is 15.1 Å². The van der Waals surface area contributed by atoms with Gasteiger partial charge in [0.25, 0.3) is 0 Å². The van der Waals surface area contributed by atoms with Crippen LogP contribution in [0.3, 0.4) is 0 Å². The molecule has 1 heterocycles. The molecule has 0 aromatic heterocycles. The first-order valence-corrected chi connectivity index (χ1v) is 7.30. The molecule has 1 N–H and O–H groups in total. The minimum atomic E-state index is 0.244. The monoisotopic (exact) mass is 255 g/mol. The summed E-state index contributed by atoms with van der Waals surface area (Å²) in [6, 6.07) is 0.674. The van der Waals surface area contributed by atoms with Gasteiger partial charge in [0.1, 0.15) is 0 Å². The number of hydrogen-bond donors (Lipinski definition) is 1. The van der Waals surface area contributed by atoms with E-state index in [2.05, 4.69) is 17.1 Å². The standard InChI is InChI=1S/C14H29N3O/c1-4-10-17(13-7-5-9-15-12-13)11-6-8-14(18)16(2)3/h13,15H,4-12H2,1-3H3. The van der Waals surface area contributed by atoms with Crippen LogP contribution in [-0.2, 0) is 4.79 Å². The highest BCUT2D eigenvalue weighted by Gasteiger charge is 2.20. The highest BCUT2D eigenvalue weighted by Crippen LogP contribution is 2.12. The third-order valence-electron chi connectivity index (χ3n) is 3.63. The van der Waals surface area contributed by atoms with Crippen molar-refractivity contribution < 1.29 is 4.79 Å². The van der Waals surface area contributed by atoms with Crippen molar-refractivity contribution in [3.05, 3.63) is 0 Å². The Bertz CT molecular complexity index is 237. The van der Waals surface area contributed by atoms with Gasteiger partial charge in [0.15, 0.2) is 0 Å². The van der Waals surface area contributed by atoms with Gasteiger partial charge < -0.3 is 10.2 Å². The van der Waals surface area contributed by atoms with Gasteiger partial charge >= 0.3 is 0 Å². The minimum Gasteiger partial charge on any atom is -0.349 e. The van der Waals surface area contributed by atoms with Crippen LogP contribution in [-0.4, -0.2) is 62.0 Å². The van der Waals surface area contributed by atoms with E-state index in [1.807, 2.05) is 14.1 Å². The number of amides is 1. The molecular formula is C14H29N3O. The van der Waals surface area contributed by atoms with E-state index in [4.69, 9.17) is 0 Å². The highest BCUT2D eigenvalue weighted by atomic mass is 16.2. The van der Waals surface area contributed by atoms with Gasteiger partial charge in [-0.25, -0.2) is 0 Å². The van der Waals surface area contributed by atoms with Gasteiger partial charge in [0.2, 0.25) is 5.91 Å². The van der Waals surface area contributed by atoms with E-state index in [1.54, 1.807) is 4.90 Å². The van der Waals surface area contributed by atoms with E-state index in [1.165, 1.54) is 19.3 Å². The number of nitrogens with one attached hydrogen (secondary N) is 1. The SMILES string of the molecule is CCCN(CCCC(=O)N(C)C)C1CCCNC1. The first-order chi connectivity index (χ1) is 8.65. The van der Waals surface area contributed by atoms with Gasteiger partial charge in [0.05, 0.1) is 0 Å². The molecule has 106 valence electrons. The van der Waals surface area contributed by atoms with E-state index in [0.29, 0.717) is 12.5 Å². The van der Waals surface area contributed by atoms with E-state index in [9.17, 15) is 4.79 Å². The Kier molecular flexibility index (Phi) is 7.28. The normalized spacial score (nSPS) is 20.1. The Morgan fingerprint density at radius 1 is 1.33 bits per heavy atom. The average molecular weight is 255 g/mol. The van der Waals surface area contributed by atoms with Crippen LogP contribution in [0.25, 0.3) is 0 Å². The van der Waals surface area contributed by atoms with Crippen LogP contribution in [0.1, 0.15) is 39.0 Å². The van der Waals surface area contributed by atoms with Crippen LogP contribution < -0.4 is 5.32 Å². The van der Waals surface area contributed by atoms with Crippen molar-refractivity contribution >= 4 is 5.91 Å². The molecule has 18 heavy (non-hydrogen) atoms. The molecule has 0 radical (unpaired) electrons. The topological polar surface area (TPSA) is 35.6 Å². The number of rotatable bonds is 7. The van der Waals surface area contributed by atoms with Gasteiger partial charge in [-0.3, -0.25) is 9.69 Å². The first-order valence-electron chi connectivity index (χ1n) is 7.30. The molecule has 1 fully saturated rings. The highest BCUT2D eigenvalue weighted by molar-refractivity contribution is 5.75. The van der Waals surface area contributed by atoms with Crippen LogP contribution in [0.4, 0.5) is 0 Å². The van der Waals surface area contributed by atoms with Crippen LogP contribution in [0, 0.1) is 0 Å². The van der Waals surface area contributed by atoms with Crippen LogP contribution in [0.5, 0.6) is 0 Å². The molecule has 0 spiro atoms. The Labute approximate surface area is 112 Å². The molecule has 0 aromatic rings. The third kappa shape index (κ3) is 5.36. The minimum absolute atomic E-state index is 0.244. The predicted octanol–water partition coefficient (Wildman–Crippen LogP) is 1.32. The summed E-state index contributed by atoms with van der Waals surface area (Å²) in [5.41, 5.74) is 0. The zero-order valence-electron chi connectivity index (χ0n) is 12.2. The van der Waals surface area contributed by atoms with Gasteiger partial charge in [-0.1, -0.05) is 6.92 Å². The summed E-state index contributed by atoms with van der Waals surface area (Å²) in [6.07, 6.45) is 5.43. The smallest absolute Gasteiger partial charge is 0.222 e. The van der Waals surface area contributed by atoms with E-state index in [-0.39, 0.29) is 5.91 Å². The molecule has 0 bridgehead atoms. The largest absolute Gasteiger partial charge is 0.349 e. The summed E-state index contributed by atoms with van der Waals surface area (Å²) in [4.78, 5) is 15.8. The molecule has 4 nitrogen and oxygen atoms in total. The Hall–Kier alpha value is -0.610. The van der Waals surface area contributed by atoms with Gasteiger partial charge in [-0.2, -0.15) is 0 Å². The molecule has 1 aliphatic heterocycles. The number of nitrogens with zero attached hydrogens (tertiary/aromatic N) is 2. The molecular weight excluding hydrogens is 226 g/mol. The Morgan fingerprint density at radius 2 is 2.11 bits per heavy atom. The summed E-state index contributed by atoms with van der Waals surface area (Å²) in [5.74, 6) is 0.244. The van der Waals surface area contributed by atoms with E-state index < -0.39 is 0 Å². The van der Waals surface area contributed by atoms with Crippen LogP contribution in [0.15, 0.2) is 0 Å². The molecule has 0 saturated carbocycles. The maximum Gasteiger partial charge on any atom is 0.222 e. The number of hydrogen-bond acceptors (Lipinski definition) is 3. The van der Waals surface area contributed by atoms with E-state index >= 15 is 0 Å². The lowest BCUT2D eigenvalue weighted by Crippen LogP contribution is -2.46. The van der Waals surface area contributed by atoms with Crippen molar-refractivity contribution in [2.75, 3.05) is 40.3 Å². The van der Waals surface area contributed by atoms with Gasteiger partial charge in [-0.05, 0) is 45.3 Å². The van der Waals surface area contributed by atoms with Crippen LogP contribution in [0.2, 0.25) is 0 Å². The average Bonchev–Trinajstić information content (AvgIpc) is 2.38. The second-order valence-electron chi connectivity index (χ2n) is 5.43. The zero-order chi connectivity index (χ0) is 13.4. The second kappa shape index (κ2) is 8.48. The lowest BCUT2D eigenvalue weighted by molar-refractivity contribution is -0.128. The van der Waals surface area contributed by atoms with Gasteiger partial charge in [0, 0.05) is 33.1 Å². The summed E-state index contributed by atoms with van der Waals surface area (Å²) in [7, 11) is 3.66. The summed E-state index contributed by atoms with van der Waals surface area (Å²) in [5, 5.41) is 3.47. The third-order valence-corrected chi connectivity index (χ3v) is 3.63. The lowest BCUT2D eigenvalue weighted by Gasteiger charge is -2.34. The molecule has 1 unspecified atom stereocenters.